The van der Waals surface area contributed by atoms with Crippen molar-refractivity contribution in [3.05, 3.63) is 0 Å². The molecule has 1 rings (SSSR count). The number of hydrogen-bond acceptors (Lipinski definition) is 3. The SMILES string of the molecule is CCOC(=O)CNC(=O)C1CCCC1(C)C. The summed E-state index contributed by atoms with van der Waals surface area (Å²) in [5.74, 6) is -0.357. The molecule has 0 aromatic heterocycles. The Hall–Kier alpha value is -1.06. The molecule has 4 heteroatoms. The van der Waals surface area contributed by atoms with Crippen LogP contribution in [0.1, 0.15) is 40.0 Å². The lowest BCUT2D eigenvalue weighted by Gasteiger charge is -2.25. The van der Waals surface area contributed by atoms with Gasteiger partial charge >= 0.3 is 5.97 Å². The lowest BCUT2D eigenvalue weighted by molar-refractivity contribution is -0.144. The zero-order valence-electron chi connectivity index (χ0n) is 10.3. The molecule has 1 saturated carbocycles. The minimum atomic E-state index is -0.369. The number of nitrogens with one attached hydrogen (secondary N) is 1. The van der Waals surface area contributed by atoms with Gasteiger partial charge in [-0.2, -0.15) is 0 Å². The fourth-order valence-electron chi connectivity index (χ4n) is 2.31. The third-order valence-electron chi connectivity index (χ3n) is 3.29. The van der Waals surface area contributed by atoms with Crippen molar-refractivity contribution < 1.29 is 14.3 Å². The summed E-state index contributed by atoms with van der Waals surface area (Å²) in [7, 11) is 0. The van der Waals surface area contributed by atoms with E-state index < -0.39 is 0 Å². The van der Waals surface area contributed by atoms with Crippen LogP contribution in [-0.2, 0) is 14.3 Å². The summed E-state index contributed by atoms with van der Waals surface area (Å²) in [6.45, 7) is 6.30. The molecule has 1 unspecified atom stereocenters. The summed E-state index contributed by atoms with van der Waals surface area (Å²) in [5.41, 5.74) is 0.0543. The second-order valence-electron chi connectivity index (χ2n) is 4.96. The van der Waals surface area contributed by atoms with Gasteiger partial charge in [0.25, 0.3) is 0 Å². The monoisotopic (exact) mass is 227 g/mol. The molecule has 1 amide bonds. The van der Waals surface area contributed by atoms with E-state index >= 15 is 0 Å². The molecule has 0 heterocycles. The van der Waals surface area contributed by atoms with E-state index in [-0.39, 0.29) is 29.8 Å². The molecular formula is C12H21NO3. The maximum Gasteiger partial charge on any atom is 0.325 e. The van der Waals surface area contributed by atoms with E-state index in [1.54, 1.807) is 6.92 Å². The van der Waals surface area contributed by atoms with Crippen molar-refractivity contribution in [2.45, 2.75) is 40.0 Å². The molecule has 0 radical (unpaired) electrons. The Balaban J connectivity index is 2.38. The first-order valence-electron chi connectivity index (χ1n) is 5.90. The second-order valence-corrected chi connectivity index (χ2v) is 4.96. The van der Waals surface area contributed by atoms with Crippen LogP contribution in [0.25, 0.3) is 0 Å². The highest BCUT2D eigenvalue weighted by molar-refractivity contribution is 5.84. The number of esters is 1. The van der Waals surface area contributed by atoms with E-state index in [0.29, 0.717) is 6.61 Å². The van der Waals surface area contributed by atoms with Crippen molar-refractivity contribution in [1.82, 2.24) is 5.32 Å². The summed E-state index contributed by atoms with van der Waals surface area (Å²) in [6.07, 6.45) is 3.08. The van der Waals surface area contributed by atoms with Crippen molar-refractivity contribution in [3.63, 3.8) is 0 Å². The summed E-state index contributed by atoms with van der Waals surface area (Å²) < 4.78 is 4.75. The van der Waals surface area contributed by atoms with Crippen LogP contribution < -0.4 is 5.32 Å². The molecule has 4 nitrogen and oxygen atoms in total. The Morgan fingerprint density at radius 2 is 2.12 bits per heavy atom. The second kappa shape index (κ2) is 5.32. The first-order chi connectivity index (χ1) is 7.47. The molecule has 0 saturated heterocycles. The van der Waals surface area contributed by atoms with Gasteiger partial charge in [0, 0.05) is 5.92 Å². The molecule has 0 aliphatic heterocycles. The van der Waals surface area contributed by atoms with Gasteiger partial charge < -0.3 is 10.1 Å². The highest BCUT2D eigenvalue weighted by Gasteiger charge is 2.39. The van der Waals surface area contributed by atoms with Gasteiger partial charge in [0.1, 0.15) is 6.54 Å². The third-order valence-corrected chi connectivity index (χ3v) is 3.29. The third kappa shape index (κ3) is 3.22. The molecule has 1 aliphatic carbocycles. The maximum absolute atomic E-state index is 11.9. The quantitative estimate of drug-likeness (QED) is 0.740. The summed E-state index contributed by atoms with van der Waals surface area (Å²) in [6, 6.07) is 0. The lowest BCUT2D eigenvalue weighted by Crippen LogP contribution is -2.39. The average molecular weight is 227 g/mol. The molecule has 0 bridgehead atoms. The molecule has 1 atom stereocenters. The number of carbonyl (C=O) groups is 2. The van der Waals surface area contributed by atoms with Crippen LogP contribution in [0.3, 0.4) is 0 Å². The number of ether oxygens (including phenoxy) is 1. The molecule has 0 spiro atoms. The van der Waals surface area contributed by atoms with Gasteiger partial charge in [-0.15, -0.1) is 0 Å². The summed E-state index contributed by atoms with van der Waals surface area (Å²) in [5, 5.41) is 2.65. The molecule has 1 N–H and O–H groups in total. The first-order valence-corrected chi connectivity index (χ1v) is 5.90. The van der Waals surface area contributed by atoms with E-state index in [9.17, 15) is 9.59 Å². The van der Waals surface area contributed by atoms with Gasteiger partial charge in [-0.3, -0.25) is 9.59 Å². The fourth-order valence-corrected chi connectivity index (χ4v) is 2.31. The van der Waals surface area contributed by atoms with Crippen molar-refractivity contribution in [3.8, 4) is 0 Å². The van der Waals surface area contributed by atoms with Crippen LogP contribution >= 0.6 is 0 Å². The molecular weight excluding hydrogens is 206 g/mol. The Kier molecular flexibility index (Phi) is 4.33. The number of rotatable bonds is 4. The van der Waals surface area contributed by atoms with Gasteiger partial charge in [-0.25, -0.2) is 0 Å². The van der Waals surface area contributed by atoms with Crippen LogP contribution in [0.4, 0.5) is 0 Å². The Bertz CT molecular complexity index is 273. The van der Waals surface area contributed by atoms with E-state index in [2.05, 4.69) is 19.2 Å². The molecule has 0 aromatic rings. The Morgan fingerprint density at radius 3 is 2.62 bits per heavy atom. The number of carbonyl (C=O) groups excluding carboxylic acids is 2. The van der Waals surface area contributed by atoms with Crippen LogP contribution in [0.2, 0.25) is 0 Å². The minimum absolute atomic E-state index is 0.0146. The van der Waals surface area contributed by atoms with Crippen molar-refractivity contribution in [2.24, 2.45) is 11.3 Å². The average Bonchev–Trinajstić information content (AvgIpc) is 2.55. The van der Waals surface area contributed by atoms with Crippen molar-refractivity contribution in [1.29, 1.82) is 0 Å². The van der Waals surface area contributed by atoms with Gasteiger partial charge in [0.15, 0.2) is 0 Å². The highest BCUT2D eigenvalue weighted by atomic mass is 16.5. The largest absolute Gasteiger partial charge is 0.465 e. The number of hydrogen-bond donors (Lipinski definition) is 1. The van der Waals surface area contributed by atoms with Crippen LogP contribution in [-0.4, -0.2) is 25.0 Å². The standard InChI is InChI=1S/C12H21NO3/c1-4-16-10(14)8-13-11(15)9-6-5-7-12(9,2)3/h9H,4-8H2,1-3H3,(H,13,15). The summed E-state index contributed by atoms with van der Waals surface area (Å²) >= 11 is 0. The van der Waals surface area contributed by atoms with Crippen molar-refractivity contribution in [2.75, 3.05) is 13.2 Å². The van der Waals surface area contributed by atoms with E-state index in [0.717, 1.165) is 19.3 Å². The normalized spacial score (nSPS) is 22.8. The van der Waals surface area contributed by atoms with Gasteiger partial charge in [0.05, 0.1) is 6.61 Å². The van der Waals surface area contributed by atoms with Gasteiger partial charge in [-0.05, 0) is 25.2 Å². The smallest absolute Gasteiger partial charge is 0.325 e. The van der Waals surface area contributed by atoms with Crippen LogP contribution in [0.15, 0.2) is 0 Å². The Labute approximate surface area is 96.7 Å². The topological polar surface area (TPSA) is 55.4 Å². The molecule has 1 aliphatic rings. The number of amides is 1. The molecule has 16 heavy (non-hydrogen) atoms. The lowest BCUT2D eigenvalue weighted by atomic mass is 9.81. The van der Waals surface area contributed by atoms with E-state index in [4.69, 9.17) is 4.74 Å². The predicted octanol–water partition coefficient (Wildman–Crippen LogP) is 1.49. The van der Waals surface area contributed by atoms with Gasteiger partial charge in [0.2, 0.25) is 5.91 Å². The van der Waals surface area contributed by atoms with E-state index in [1.807, 2.05) is 0 Å². The fraction of sp³-hybridized carbons (Fsp3) is 0.833. The maximum atomic E-state index is 11.9. The zero-order valence-corrected chi connectivity index (χ0v) is 10.3. The Morgan fingerprint density at radius 1 is 1.44 bits per heavy atom. The molecule has 1 fully saturated rings. The summed E-state index contributed by atoms with van der Waals surface area (Å²) in [4.78, 5) is 22.9. The molecule has 92 valence electrons. The minimum Gasteiger partial charge on any atom is -0.465 e. The first kappa shape index (κ1) is 13.0. The molecule has 0 aromatic carbocycles. The van der Waals surface area contributed by atoms with Gasteiger partial charge in [-0.1, -0.05) is 20.3 Å². The van der Waals surface area contributed by atoms with Crippen LogP contribution in [0, 0.1) is 11.3 Å². The zero-order chi connectivity index (χ0) is 12.2. The van der Waals surface area contributed by atoms with Crippen LogP contribution in [0.5, 0.6) is 0 Å². The van der Waals surface area contributed by atoms with E-state index in [1.165, 1.54) is 0 Å². The highest BCUT2D eigenvalue weighted by Crippen LogP contribution is 2.42. The predicted molar refractivity (Wildman–Crippen MR) is 60.8 cm³/mol. The van der Waals surface area contributed by atoms with Crippen molar-refractivity contribution >= 4 is 11.9 Å².